The molecule has 0 bridgehead atoms. The Morgan fingerprint density at radius 2 is 2.26 bits per heavy atom. The third-order valence-electron chi connectivity index (χ3n) is 4.98. The quantitative estimate of drug-likeness (QED) is 0.478. The molecule has 136 valence electrons. The standard InChI is InChI=1S/C18H14ClN5O2S/c19-11-5-12-9(6-22-24-12)3-13(11)23-16-15-10-2-1-8(18(25)26)4-14(10)27-17(15)21-7-20-16/h3,5-8H,1-2,4H2,(H,22,24)(H,25,26)(H,20,21,23). The average molecular weight is 400 g/mol. The normalized spacial score (nSPS) is 16.6. The first-order chi connectivity index (χ1) is 13.1. The number of carboxylic acid groups (broad SMARTS) is 1. The molecule has 7 nitrogen and oxygen atoms in total. The van der Waals surface area contributed by atoms with Gasteiger partial charge in [-0.05, 0) is 37.0 Å². The van der Waals surface area contributed by atoms with Crippen LogP contribution in [0.1, 0.15) is 16.9 Å². The van der Waals surface area contributed by atoms with Crippen LogP contribution in [0.4, 0.5) is 11.5 Å². The monoisotopic (exact) mass is 399 g/mol. The molecule has 0 radical (unpaired) electrons. The summed E-state index contributed by atoms with van der Waals surface area (Å²) >= 11 is 7.97. The van der Waals surface area contributed by atoms with Gasteiger partial charge in [0.1, 0.15) is 17.0 Å². The highest BCUT2D eigenvalue weighted by molar-refractivity contribution is 7.19. The molecule has 0 saturated carbocycles. The van der Waals surface area contributed by atoms with E-state index in [1.807, 2.05) is 12.1 Å². The smallest absolute Gasteiger partial charge is 0.306 e. The fraction of sp³-hybridized carbons (Fsp3) is 0.222. The van der Waals surface area contributed by atoms with Crippen LogP contribution in [-0.2, 0) is 17.6 Å². The highest BCUT2D eigenvalue weighted by atomic mass is 35.5. The number of carboxylic acids is 1. The molecular formula is C18H14ClN5O2S. The lowest BCUT2D eigenvalue weighted by atomic mass is 9.88. The van der Waals surface area contributed by atoms with Crippen LogP contribution in [0.5, 0.6) is 0 Å². The number of nitrogens with one attached hydrogen (secondary N) is 2. The van der Waals surface area contributed by atoms with Crippen molar-refractivity contribution in [1.29, 1.82) is 0 Å². The molecule has 0 amide bonds. The van der Waals surface area contributed by atoms with E-state index in [0.717, 1.165) is 37.2 Å². The first-order valence-electron chi connectivity index (χ1n) is 8.48. The fourth-order valence-electron chi connectivity index (χ4n) is 3.60. The van der Waals surface area contributed by atoms with Gasteiger partial charge in [0.25, 0.3) is 0 Å². The van der Waals surface area contributed by atoms with E-state index < -0.39 is 5.97 Å². The number of carbonyl (C=O) groups is 1. The van der Waals surface area contributed by atoms with Crippen LogP contribution in [-0.4, -0.2) is 31.2 Å². The number of hydrogen-bond acceptors (Lipinski definition) is 6. The Kier molecular flexibility index (Phi) is 3.76. The number of thiophene rings is 1. The van der Waals surface area contributed by atoms with E-state index in [2.05, 4.69) is 25.5 Å². The van der Waals surface area contributed by atoms with E-state index in [1.54, 1.807) is 17.5 Å². The Labute approximate surface area is 162 Å². The van der Waals surface area contributed by atoms with Crippen LogP contribution in [0.3, 0.4) is 0 Å². The molecule has 5 rings (SSSR count). The molecular weight excluding hydrogens is 386 g/mol. The van der Waals surface area contributed by atoms with Gasteiger partial charge in [-0.2, -0.15) is 5.10 Å². The molecule has 3 N–H and O–H groups in total. The first kappa shape index (κ1) is 16.5. The Bertz CT molecular complexity index is 1200. The molecule has 9 heteroatoms. The van der Waals surface area contributed by atoms with Gasteiger partial charge in [0.05, 0.1) is 33.7 Å². The molecule has 1 aliphatic carbocycles. The van der Waals surface area contributed by atoms with Gasteiger partial charge >= 0.3 is 5.97 Å². The number of aliphatic carboxylic acids is 1. The lowest BCUT2D eigenvalue weighted by Gasteiger charge is -2.18. The number of halogens is 1. The van der Waals surface area contributed by atoms with E-state index in [0.29, 0.717) is 30.1 Å². The second kappa shape index (κ2) is 6.17. The minimum atomic E-state index is -0.734. The molecule has 0 fully saturated rings. The molecule has 1 atom stereocenters. The largest absolute Gasteiger partial charge is 0.481 e. The van der Waals surface area contributed by atoms with Crippen LogP contribution in [0.15, 0.2) is 24.7 Å². The number of fused-ring (bicyclic) bond motifs is 4. The molecule has 0 saturated heterocycles. The van der Waals surface area contributed by atoms with Gasteiger partial charge in [0.2, 0.25) is 0 Å². The molecule has 1 aromatic carbocycles. The van der Waals surface area contributed by atoms with Crippen molar-refractivity contribution in [3.05, 3.63) is 40.1 Å². The van der Waals surface area contributed by atoms with E-state index >= 15 is 0 Å². The van der Waals surface area contributed by atoms with Gasteiger partial charge in [0.15, 0.2) is 0 Å². The van der Waals surface area contributed by atoms with Crippen molar-refractivity contribution in [2.45, 2.75) is 19.3 Å². The van der Waals surface area contributed by atoms with Crippen molar-refractivity contribution < 1.29 is 9.90 Å². The first-order valence-corrected chi connectivity index (χ1v) is 9.67. The van der Waals surface area contributed by atoms with Gasteiger partial charge in [-0.3, -0.25) is 9.89 Å². The maximum absolute atomic E-state index is 11.4. The van der Waals surface area contributed by atoms with Crippen LogP contribution in [0.2, 0.25) is 5.02 Å². The second-order valence-electron chi connectivity index (χ2n) is 6.60. The number of nitrogens with zero attached hydrogens (tertiary/aromatic N) is 3. The van der Waals surface area contributed by atoms with Gasteiger partial charge in [0, 0.05) is 10.3 Å². The van der Waals surface area contributed by atoms with Crippen molar-refractivity contribution in [2.24, 2.45) is 5.92 Å². The summed E-state index contributed by atoms with van der Waals surface area (Å²) in [5.74, 6) is -0.369. The van der Waals surface area contributed by atoms with E-state index in [4.69, 9.17) is 11.6 Å². The van der Waals surface area contributed by atoms with E-state index in [-0.39, 0.29) is 5.92 Å². The third-order valence-corrected chi connectivity index (χ3v) is 6.45. The topological polar surface area (TPSA) is 104 Å². The molecule has 3 aromatic heterocycles. The van der Waals surface area contributed by atoms with Crippen LogP contribution < -0.4 is 5.32 Å². The lowest BCUT2D eigenvalue weighted by Crippen LogP contribution is -2.21. The van der Waals surface area contributed by atoms with E-state index in [1.165, 1.54) is 6.33 Å². The minimum absolute atomic E-state index is 0.326. The number of aryl methyl sites for hydroxylation is 1. The maximum Gasteiger partial charge on any atom is 0.306 e. The molecule has 3 heterocycles. The molecule has 0 spiro atoms. The van der Waals surface area contributed by atoms with Crippen molar-refractivity contribution >= 4 is 61.5 Å². The number of hydrogen-bond donors (Lipinski definition) is 3. The van der Waals surface area contributed by atoms with Crippen molar-refractivity contribution in [1.82, 2.24) is 20.2 Å². The lowest BCUT2D eigenvalue weighted by molar-refractivity contribution is -0.142. The number of rotatable bonds is 3. The summed E-state index contributed by atoms with van der Waals surface area (Å²) in [5.41, 5.74) is 2.76. The molecule has 0 aliphatic heterocycles. The van der Waals surface area contributed by atoms with Gasteiger partial charge in [-0.25, -0.2) is 9.97 Å². The third kappa shape index (κ3) is 2.72. The number of anilines is 2. The summed E-state index contributed by atoms with van der Waals surface area (Å²) in [6.07, 6.45) is 5.15. The predicted octanol–water partition coefficient (Wildman–Crippen LogP) is 4.15. The zero-order chi connectivity index (χ0) is 18.5. The Balaban J connectivity index is 1.59. The summed E-state index contributed by atoms with van der Waals surface area (Å²) in [7, 11) is 0. The Morgan fingerprint density at radius 1 is 1.37 bits per heavy atom. The summed E-state index contributed by atoms with van der Waals surface area (Å²) in [6, 6.07) is 3.75. The second-order valence-corrected chi connectivity index (χ2v) is 8.09. The average Bonchev–Trinajstić information content (AvgIpc) is 3.25. The van der Waals surface area contributed by atoms with Crippen LogP contribution >= 0.6 is 22.9 Å². The maximum atomic E-state index is 11.4. The van der Waals surface area contributed by atoms with Crippen LogP contribution in [0, 0.1) is 5.92 Å². The number of aromatic nitrogens is 4. The summed E-state index contributed by atoms with van der Waals surface area (Å²) < 4.78 is 0. The molecule has 1 aliphatic rings. The van der Waals surface area contributed by atoms with Crippen LogP contribution in [0.25, 0.3) is 21.1 Å². The molecule has 1 unspecified atom stereocenters. The van der Waals surface area contributed by atoms with Crippen molar-refractivity contribution in [3.8, 4) is 0 Å². The summed E-state index contributed by atoms with van der Waals surface area (Å²) in [4.78, 5) is 22.1. The molecule has 27 heavy (non-hydrogen) atoms. The highest BCUT2D eigenvalue weighted by Gasteiger charge is 2.28. The highest BCUT2D eigenvalue weighted by Crippen LogP contribution is 2.41. The Hall–Kier alpha value is -2.71. The zero-order valence-electron chi connectivity index (χ0n) is 14.0. The zero-order valence-corrected chi connectivity index (χ0v) is 15.6. The molecule has 4 aromatic rings. The number of benzene rings is 1. The predicted molar refractivity (Wildman–Crippen MR) is 105 cm³/mol. The number of aromatic amines is 1. The van der Waals surface area contributed by atoms with Crippen molar-refractivity contribution in [3.63, 3.8) is 0 Å². The van der Waals surface area contributed by atoms with Gasteiger partial charge in [-0.15, -0.1) is 11.3 Å². The minimum Gasteiger partial charge on any atom is -0.481 e. The fourth-order valence-corrected chi connectivity index (χ4v) is 5.08. The Morgan fingerprint density at radius 3 is 3.11 bits per heavy atom. The van der Waals surface area contributed by atoms with E-state index in [9.17, 15) is 9.90 Å². The van der Waals surface area contributed by atoms with Gasteiger partial charge < -0.3 is 10.4 Å². The van der Waals surface area contributed by atoms with Crippen molar-refractivity contribution in [2.75, 3.05) is 5.32 Å². The van der Waals surface area contributed by atoms with Gasteiger partial charge in [-0.1, -0.05) is 11.6 Å². The SMILES string of the molecule is O=C(O)C1CCc2c(sc3ncnc(Nc4cc5cn[nH]c5cc4Cl)c23)C1. The summed E-state index contributed by atoms with van der Waals surface area (Å²) in [6.45, 7) is 0. The summed E-state index contributed by atoms with van der Waals surface area (Å²) in [5, 5.41) is 22.1. The number of H-pyrrole nitrogens is 1.